The van der Waals surface area contributed by atoms with Crippen LogP contribution >= 0.6 is 11.8 Å². The maximum atomic E-state index is 12.9. The van der Waals surface area contributed by atoms with Gasteiger partial charge in [-0.3, -0.25) is 14.5 Å². The Hall–Kier alpha value is -2.27. The molecule has 1 aliphatic heterocycles. The number of hydrogen-bond donors (Lipinski definition) is 1. The molecule has 2 aromatic carbocycles. The first-order valence-electron chi connectivity index (χ1n) is 10.4. The van der Waals surface area contributed by atoms with Crippen LogP contribution in [0.25, 0.3) is 0 Å². The third-order valence-corrected chi connectivity index (χ3v) is 6.39. The molecule has 3 rings (SSSR count). The van der Waals surface area contributed by atoms with Gasteiger partial charge in [-0.2, -0.15) is 0 Å². The third-order valence-electron chi connectivity index (χ3n) is 5.19. The van der Waals surface area contributed by atoms with Gasteiger partial charge in [-0.15, -0.1) is 11.8 Å². The average Bonchev–Trinajstić information content (AvgIpc) is 3.09. The average molecular weight is 411 g/mol. The highest BCUT2D eigenvalue weighted by Crippen LogP contribution is 2.46. The minimum Gasteiger partial charge on any atom is -0.326 e. The van der Waals surface area contributed by atoms with E-state index in [1.165, 1.54) is 0 Å². The minimum atomic E-state index is -0.144. The highest BCUT2D eigenvalue weighted by atomic mass is 32.2. The second kappa shape index (κ2) is 9.97. The van der Waals surface area contributed by atoms with Crippen molar-refractivity contribution >= 4 is 35.0 Å². The summed E-state index contributed by atoms with van der Waals surface area (Å²) in [6.45, 7) is 6.42. The maximum absolute atomic E-state index is 12.9. The zero-order valence-corrected chi connectivity index (χ0v) is 18.3. The van der Waals surface area contributed by atoms with Gasteiger partial charge in [0.25, 0.3) is 0 Å². The van der Waals surface area contributed by atoms with Crippen molar-refractivity contribution in [2.75, 3.05) is 16.0 Å². The van der Waals surface area contributed by atoms with Crippen LogP contribution in [0.3, 0.4) is 0 Å². The van der Waals surface area contributed by atoms with Gasteiger partial charge in [-0.1, -0.05) is 70.0 Å². The highest BCUT2D eigenvalue weighted by Gasteiger charge is 2.36. The summed E-state index contributed by atoms with van der Waals surface area (Å²) < 4.78 is 0. The van der Waals surface area contributed by atoms with E-state index in [4.69, 9.17) is 0 Å². The summed E-state index contributed by atoms with van der Waals surface area (Å²) in [7, 11) is 0. The molecule has 0 saturated carbocycles. The van der Waals surface area contributed by atoms with Gasteiger partial charge in [0.05, 0.1) is 5.75 Å². The number of anilines is 2. The number of carbonyl (C=O) groups is 2. The molecule has 1 aliphatic rings. The molecule has 0 radical (unpaired) electrons. The Labute approximate surface area is 178 Å². The van der Waals surface area contributed by atoms with Gasteiger partial charge in [-0.25, -0.2) is 0 Å². The summed E-state index contributed by atoms with van der Waals surface area (Å²) in [5.74, 6) is 0.904. The number of benzene rings is 2. The molecule has 1 saturated heterocycles. The normalized spacial score (nSPS) is 16.5. The predicted molar refractivity (Wildman–Crippen MR) is 122 cm³/mol. The van der Waals surface area contributed by atoms with E-state index in [1.807, 2.05) is 47.4 Å². The second-order valence-electron chi connectivity index (χ2n) is 7.73. The highest BCUT2D eigenvalue weighted by molar-refractivity contribution is 8.00. The number of para-hydroxylation sites is 2. The van der Waals surface area contributed by atoms with E-state index >= 15 is 0 Å². The van der Waals surface area contributed by atoms with Crippen molar-refractivity contribution < 1.29 is 9.59 Å². The van der Waals surface area contributed by atoms with Crippen LogP contribution < -0.4 is 10.2 Å². The number of unbranched alkanes of at least 4 members (excludes halogenated alkanes) is 2. The van der Waals surface area contributed by atoms with Crippen molar-refractivity contribution in [2.24, 2.45) is 0 Å². The first-order chi connectivity index (χ1) is 14.0. The van der Waals surface area contributed by atoms with Crippen molar-refractivity contribution in [1.29, 1.82) is 0 Å². The molecule has 29 heavy (non-hydrogen) atoms. The summed E-state index contributed by atoms with van der Waals surface area (Å²) in [6, 6.07) is 16.0. The number of nitrogens with zero attached hydrogens (tertiary/aromatic N) is 1. The van der Waals surface area contributed by atoms with Gasteiger partial charge in [0.2, 0.25) is 11.8 Å². The lowest BCUT2D eigenvalue weighted by Gasteiger charge is -2.29. The van der Waals surface area contributed by atoms with Gasteiger partial charge in [0.1, 0.15) is 5.37 Å². The summed E-state index contributed by atoms with van der Waals surface area (Å²) >= 11 is 1.61. The van der Waals surface area contributed by atoms with Crippen molar-refractivity contribution in [3.8, 4) is 0 Å². The first kappa shape index (κ1) is 21.4. The van der Waals surface area contributed by atoms with Crippen molar-refractivity contribution in [3.05, 3.63) is 59.7 Å². The van der Waals surface area contributed by atoms with Crippen LogP contribution in [0.4, 0.5) is 11.4 Å². The quantitative estimate of drug-likeness (QED) is 0.534. The number of amides is 2. The molecule has 0 unspecified atom stereocenters. The Bertz CT molecular complexity index is 865. The SMILES string of the molecule is CCCCCC(=O)Nc1ccccc1[C@@H]1SCC(=O)N1c1ccccc1C(C)C. The molecule has 0 spiro atoms. The lowest BCUT2D eigenvalue weighted by atomic mass is 10.00. The monoisotopic (exact) mass is 410 g/mol. The van der Waals surface area contributed by atoms with Gasteiger partial charge >= 0.3 is 0 Å². The Morgan fingerprint density at radius 1 is 1.14 bits per heavy atom. The molecule has 1 N–H and O–H groups in total. The third kappa shape index (κ3) is 5.02. The lowest BCUT2D eigenvalue weighted by Crippen LogP contribution is -2.29. The van der Waals surface area contributed by atoms with Gasteiger partial charge in [0.15, 0.2) is 0 Å². The number of thioether (sulfide) groups is 1. The fourth-order valence-electron chi connectivity index (χ4n) is 3.68. The molecule has 1 fully saturated rings. The Balaban J connectivity index is 1.90. The summed E-state index contributed by atoms with van der Waals surface area (Å²) in [4.78, 5) is 27.2. The molecule has 0 bridgehead atoms. The maximum Gasteiger partial charge on any atom is 0.238 e. The van der Waals surface area contributed by atoms with Gasteiger partial charge in [0, 0.05) is 23.4 Å². The summed E-state index contributed by atoms with van der Waals surface area (Å²) in [6.07, 6.45) is 3.57. The molecule has 5 heteroatoms. The molecule has 1 atom stereocenters. The number of rotatable bonds is 8. The zero-order chi connectivity index (χ0) is 20.8. The Morgan fingerprint density at radius 2 is 1.86 bits per heavy atom. The summed E-state index contributed by atoms with van der Waals surface area (Å²) in [5, 5.41) is 2.94. The standard InChI is InChI=1S/C24H30N2O2S/c1-4-5-6-15-22(27)25-20-13-9-7-12-19(20)24-26(23(28)16-29-24)21-14-10-8-11-18(21)17(2)3/h7-14,17,24H,4-6,15-16H2,1-3H3,(H,25,27)/t24-/m0/s1. The molecular weight excluding hydrogens is 380 g/mol. The van der Waals surface area contributed by atoms with Crippen LogP contribution in [-0.4, -0.2) is 17.6 Å². The lowest BCUT2D eigenvalue weighted by molar-refractivity contribution is -0.116. The Morgan fingerprint density at radius 3 is 2.62 bits per heavy atom. The van der Waals surface area contributed by atoms with Crippen molar-refractivity contribution in [2.45, 2.75) is 57.7 Å². The largest absolute Gasteiger partial charge is 0.326 e. The first-order valence-corrected chi connectivity index (χ1v) is 11.5. The predicted octanol–water partition coefficient (Wildman–Crippen LogP) is 6.11. The van der Waals surface area contributed by atoms with Crippen molar-refractivity contribution in [1.82, 2.24) is 0 Å². The van der Waals surface area contributed by atoms with E-state index in [2.05, 4.69) is 32.2 Å². The number of carbonyl (C=O) groups excluding carboxylic acids is 2. The molecule has 0 aliphatic carbocycles. The number of hydrogen-bond acceptors (Lipinski definition) is 3. The Kier molecular flexibility index (Phi) is 7.37. The zero-order valence-electron chi connectivity index (χ0n) is 17.5. The van der Waals surface area contributed by atoms with E-state index in [0.717, 1.165) is 41.8 Å². The molecule has 154 valence electrons. The van der Waals surface area contributed by atoms with Gasteiger partial charge < -0.3 is 5.32 Å². The van der Waals surface area contributed by atoms with Crippen LogP contribution in [0, 0.1) is 0 Å². The molecule has 2 aromatic rings. The van der Waals surface area contributed by atoms with Gasteiger partial charge in [-0.05, 0) is 30.0 Å². The van der Waals surface area contributed by atoms with Crippen LogP contribution in [0.5, 0.6) is 0 Å². The van der Waals surface area contributed by atoms with Crippen LogP contribution in [0.1, 0.15) is 68.9 Å². The number of nitrogens with one attached hydrogen (secondary N) is 1. The molecule has 0 aromatic heterocycles. The van der Waals surface area contributed by atoms with E-state index in [-0.39, 0.29) is 17.2 Å². The fraction of sp³-hybridized carbons (Fsp3) is 0.417. The smallest absolute Gasteiger partial charge is 0.238 e. The molecule has 1 heterocycles. The van der Waals surface area contributed by atoms with E-state index in [0.29, 0.717) is 18.1 Å². The van der Waals surface area contributed by atoms with Crippen molar-refractivity contribution in [3.63, 3.8) is 0 Å². The molecular formula is C24H30N2O2S. The molecule has 4 nitrogen and oxygen atoms in total. The minimum absolute atomic E-state index is 0.0364. The summed E-state index contributed by atoms with van der Waals surface area (Å²) in [5.41, 5.74) is 3.90. The second-order valence-corrected chi connectivity index (χ2v) is 8.80. The van der Waals surface area contributed by atoms with Crippen LogP contribution in [-0.2, 0) is 9.59 Å². The molecule has 2 amide bonds. The van der Waals surface area contributed by atoms with E-state index in [9.17, 15) is 9.59 Å². The fourth-order valence-corrected chi connectivity index (χ4v) is 4.89. The van der Waals surface area contributed by atoms with Crippen LogP contribution in [0.15, 0.2) is 48.5 Å². The van der Waals surface area contributed by atoms with E-state index in [1.54, 1.807) is 11.8 Å². The topological polar surface area (TPSA) is 49.4 Å². The van der Waals surface area contributed by atoms with Crippen LogP contribution in [0.2, 0.25) is 0 Å². The van der Waals surface area contributed by atoms with E-state index < -0.39 is 0 Å².